The van der Waals surface area contributed by atoms with E-state index in [0.717, 1.165) is 18.4 Å². The fraction of sp³-hybridized carbons (Fsp3) is 0.333. The first-order valence-electron chi connectivity index (χ1n) is 8.32. The maximum atomic E-state index is 12.2. The van der Waals surface area contributed by atoms with Crippen LogP contribution in [0.1, 0.15) is 24.1 Å². The van der Waals surface area contributed by atoms with Crippen molar-refractivity contribution in [3.63, 3.8) is 0 Å². The van der Waals surface area contributed by atoms with Crippen LogP contribution in [0.2, 0.25) is 0 Å². The predicted octanol–water partition coefficient (Wildman–Crippen LogP) is 1.85. The molecule has 7 nitrogen and oxygen atoms in total. The molecule has 0 aliphatic heterocycles. The Kier molecular flexibility index (Phi) is 5.62. The molecule has 0 saturated heterocycles. The minimum Gasteiger partial charge on any atom is -0.480 e. The molecule has 1 aliphatic rings. The van der Waals surface area contributed by atoms with Crippen LogP contribution in [0, 0.1) is 5.92 Å². The van der Waals surface area contributed by atoms with E-state index in [9.17, 15) is 19.5 Å². The van der Waals surface area contributed by atoms with Crippen molar-refractivity contribution in [3.8, 4) is 0 Å². The number of hydrogen-bond donors (Lipinski definition) is 3. The number of benzene rings is 1. The first-order chi connectivity index (χ1) is 12.5. The molecule has 2 aromatic rings. The molecule has 1 saturated carbocycles. The number of carboxylic acid groups (broad SMARTS) is 1. The van der Waals surface area contributed by atoms with Crippen LogP contribution >= 0.6 is 11.3 Å². The summed E-state index contributed by atoms with van der Waals surface area (Å²) in [7, 11) is 0. The number of carboxylic acids is 1. The largest absolute Gasteiger partial charge is 0.480 e. The number of aliphatic carboxylic acids is 1. The lowest BCUT2D eigenvalue weighted by atomic mass is 10.1. The Bertz CT molecular complexity index is 802. The molecule has 1 aromatic heterocycles. The van der Waals surface area contributed by atoms with Gasteiger partial charge in [-0.15, -0.1) is 11.3 Å². The summed E-state index contributed by atoms with van der Waals surface area (Å²) in [5, 5.41) is 16.7. The van der Waals surface area contributed by atoms with Crippen molar-refractivity contribution in [2.45, 2.75) is 31.7 Å². The van der Waals surface area contributed by atoms with Gasteiger partial charge >= 0.3 is 5.97 Å². The van der Waals surface area contributed by atoms with E-state index in [1.54, 1.807) is 5.38 Å². The third kappa shape index (κ3) is 5.13. The van der Waals surface area contributed by atoms with Crippen LogP contribution in [-0.2, 0) is 27.2 Å². The van der Waals surface area contributed by atoms with Crippen molar-refractivity contribution < 1.29 is 19.5 Å². The summed E-state index contributed by atoms with van der Waals surface area (Å²) in [5.41, 5.74) is 1.33. The van der Waals surface area contributed by atoms with Crippen LogP contribution < -0.4 is 10.6 Å². The number of hydrogen-bond acceptors (Lipinski definition) is 5. The van der Waals surface area contributed by atoms with E-state index in [-0.39, 0.29) is 24.7 Å². The van der Waals surface area contributed by atoms with Crippen molar-refractivity contribution in [3.05, 3.63) is 47.0 Å². The molecule has 0 spiro atoms. The second kappa shape index (κ2) is 8.09. The van der Waals surface area contributed by atoms with Gasteiger partial charge in [0.2, 0.25) is 11.8 Å². The normalized spacial score (nSPS) is 14.5. The van der Waals surface area contributed by atoms with Crippen LogP contribution in [0.15, 0.2) is 35.7 Å². The topological polar surface area (TPSA) is 108 Å². The van der Waals surface area contributed by atoms with Gasteiger partial charge in [0.1, 0.15) is 6.04 Å². The Hall–Kier alpha value is -2.74. The van der Waals surface area contributed by atoms with E-state index in [1.807, 2.05) is 30.3 Å². The Morgan fingerprint density at radius 2 is 1.96 bits per heavy atom. The van der Waals surface area contributed by atoms with E-state index in [4.69, 9.17) is 0 Å². The molecule has 1 atom stereocenters. The third-order valence-electron chi connectivity index (χ3n) is 3.99. The Balaban J connectivity index is 1.54. The van der Waals surface area contributed by atoms with E-state index in [0.29, 0.717) is 10.8 Å². The third-order valence-corrected chi connectivity index (χ3v) is 4.79. The molecular weight excluding hydrogens is 354 g/mol. The summed E-state index contributed by atoms with van der Waals surface area (Å²) in [6.07, 6.45) is 1.99. The smallest absolute Gasteiger partial charge is 0.326 e. The summed E-state index contributed by atoms with van der Waals surface area (Å²) < 4.78 is 0. The highest BCUT2D eigenvalue weighted by Crippen LogP contribution is 2.30. The number of anilines is 1. The van der Waals surface area contributed by atoms with E-state index in [2.05, 4.69) is 15.6 Å². The maximum Gasteiger partial charge on any atom is 0.326 e. The molecule has 0 bridgehead atoms. The highest BCUT2D eigenvalue weighted by Gasteiger charge is 2.30. The van der Waals surface area contributed by atoms with Gasteiger partial charge < -0.3 is 15.7 Å². The Morgan fingerprint density at radius 3 is 2.62 bits per heavy atom. The zero-order valence-electron chi connectivity index (χ0n) is 14.0. The number of nitrogens with zero attached hydrogens (tertiary/aromatic N) is 1. The minimum absolute atomic E-state index is 0.0334. The molecule has 3 N–H and O–H groups in total. The van der Waals surface area contributed by atoms with Crippen molar-refractivity contribution in [2.24, 2.45) is 5.92 Å². The molecule has 0 radical (unpaired) electrons. The van der Waals surface area contributed by atoms with Crippen LogP contribution in [0.25, 0.3) is 0 Å². The van der Waals surface area contributed by atoms with Gasteiger partial charge in [-0.25, -0.2) is 9.78 Å². The molecule has 3 rings (SSSR count). The monoisotopic (exact) mass is 373 g/mol. The van der Waals surface area contributed by atoms with Gasteiger partial charge in [0.05, 0.1) is 12.1 Å². The van der Waals surface area contributed by atoms with Crippen LogP contribution in [0.5, 0.6) is 0 Å². The molecule has 1 aliphatic carbocycles. The van der Waals surface area contributed by atoms with Gasteiger partial charge in [-0.1, -0.05) is 30.3 Å². The molecule has 26 heavy (non-hydrogen) atoms. The average Bonchev–Trinajstić information content (AvgIpc) is 3.37. The first kappa shape index (κ1) is 18.1. The van der Waals surface area contributed by atoms with Gasteiger partial charge in [0.25, 0.3) is 0 Å². The molecule has 1 fully saturated rings. The zero-order valence-corrected chi connectivity index (χ0v) is 14.8. The first-order valence-corrected chi connectivity index (χ1v) is 9.20. The van der Waals surface area contributed by atoms with E-state index >= 15 is 0 Å². The number of amides is 2. The van der Waals surface area contributed by atoms with Gasteiger partial charge in [-0.05, 0) is 18.4 Å². The van der Waals surface area contributed by atoms with E-state index in [1.165, 1.54) is 11.3 Å². The lowest BCUT2D eigenvalue weighted by Gasteiger charge is -2.14. The Morgan fingerprint density at radius 1 is 1.23 bits per heavy atom. The van der Waals surface area contributed by atoms with Crippen molar-refractivity contribution in [2.75, 3.05) is 5.32 Å². The van der Waals surface area contributed by atoms with Gasteiger partial charge in [-0.3, -0.25) is 9.59 Å². The maximum absolute atomic E-state index is 12.2. The summed E-state index contributed by atoms with van der Waals surface area (Å²) in [4.78, 5) is 39.5. The standard InChI is InChI=1S/C18H19N3O4S/c22-15(20-14(17(24)25)8-11-4-2-1-3-5-11)9-13-10-26-18(19-13)21-16(23)12-6-7-12/h1-5,10,12,14H,6-9H2,(H,20,22)(H,24,25)(H,19,21,23). The number of nitrogens with one attached hydrogen (secondary N) is 2. The molecular formula is C18H19N3O4S. The van der Waals surface area contributed by atoms with Crippen molar-refractivity contribution in [1.82, 2.24) is 10.3 Å². The second-order valence-corrected chi connectivity index (χ2v) is 7.09. The number of carbonyl (C=O) groups excluding carboxylic acids is 2. The zero-order chi connectivity index (χ0) is 18.5. The lowest BCUT2D eigenvalue weighted by Crippen LogP contribution is -2.43. The van der Waals surface area contributed by atoms with Gasteiger partial charge in [0.15, 0.2) is 5.13 Å². The molecule has 136 valence electrons. The SMILES string of the molecule is O=C(Cc1csc(NC(=O)C2CC2)n1)NC(Cc1ccccc1)C(=O)O. The fourth-order valence-corrected chi connectivity index (χ4v) is 3.17. The average molecular weight is 373 g/mol. The quantitative estimate of drug-likeness (QED) is 0.654. The summed E-state index contributed by atoms with van der Waals surface area (Å²) >= 11 is 1.25. The minimum atomic E-state index is -1.09. The lowest BCUT2D eigenvalue weighted by molar-refractivity contribution is -0.141. The number of carbonyl (C=O) groups is 3. The summed E-state index contributed by atoms with van der Waals surface area (Å²) in [5.74, 6) is -1.46. The summed E-state index contributed by atoms with van der Waals surface area (Å²) in [6, 6.07) is 8.12. The predicted molar refractivity (Wildman–Crippen MR) is 96.9 cm³/mol. The highest BCUT2D eigenvalue weighted by atomic mass is 32.1. The molecule has 1 unspecified atom stereocenters. The van der Waals surface area contributed by atoms with Gasteiger partial charge in [0, 0.05) is 17.7 Å². The molecule has 8 heteroatoms. The number of rotatable bonds is 8. The number of aromatic nitrogens is 1. The van der Waals surface area contributed by atoms with Gasteiger partial charge in [-0.2, -0.15) is 0 Å². The van der Waals surface area contributed by atoms with Crippen molar-refractivity contribution in [1.29, 1.82) is 0 Å². The molecule has 1 heterocycles. The number of thiazole rings is 1. The van der Waals surface area contributed by atoms with Crippen LogP contribution in [-0.4, -0.2) is 33.9 Å². The second-order valence-electron chi connectivity index (χ2n) is 6.23. The van der Waals surface area contributed by atoms with Crippen molar-refractivity contribution >= 4 is 34.3 Å². The van der Waals surface area contributed by atoms with Crippen LogP contribution in [0.3, 0.4) is 0 Å². The van der Waals surface area contributed by atoms with Crippen LogP contribution in [0.4, 0.5) is 5.13 Å². The molecule has 1 aromatic carbocycles. The highest BCUT2D eigenvalue weighted by molar-refractivity contribution is 7.13. The summed E-state index contributed by atoms with van der Waals surface area (Å²) in [6.45, 7) is 0. The van der Waals surface area contributed by atoms with E-state index < -0.39 is 17.9 Å². The Labute approximate surface area is 154 Å². The fourth-order valence-electron chi connectivity index (χ4n) is 2.46. The molecule has 2 amide bonds.